The lowest BCUT2D eigenvalue weighted by Gasteiger charge is -2.06. The van der Waals surface area contributed by atoms with Crippen molar-refractivity contribution in [3.8, 4) is 6.07 Å². The number of nitriles is 1. The van der Waals surface area contributed by atoms with Gasteiger partial charge in [0.25, 0.3) is 0 Å². The van der Waals surface area contributed by atoms with E-state index in [2.05, 4.69) is 20.7 Å². The van der Waals surface area contributed by atoms with Crippen molar-refractivity contribution in [2.24, 2.45) is 0 Å². The molecule has 0 radical (unpaired) electrons. The van der Waals surface area contributed by atoms with Crippen molar-refractivity contribution in [1.29, 1.82) is 5.26 Å². The van der Waals surface area contributed by atoms with Crippen LogP contribution in [0, 0.1) is 11.3 Å². The molecule has 0 aliphatic carbocycles. The normalized spacial score (nSPS) is 12.1. The maximum Gasteiger partial charge on any atom is 0.202 e. The van der Waals surface area contributed by atoms with E-state index in [0.717, 1.165) is 17.4 Å². The summed E-state index contributed by atoms with van der Waals surface area (Å²) >= 11 is 1.32. The Bertz CT molecular complexity index is 333. The molecule has 0 bridgehead atoms. The molecule has 5 nitrogen and oxygen atoms in total. The zero-order valence-electron chi connectivity index (χ0n) is 8.86. The topological polar surface area (TPSA) is 70.8 Å². The van der Waals surface area contributed by atoms with Crippen LogP contribution in [-0.4, -0.2) is 29.1 Å². The molecular weight excluding hydrogens is 212 g/mol. The average molecular weight is 226 g/mol. The van der Waals surface area contributed by atoms with Crippen LogP contribution in [0.4, 0.5) is 5.13 Å². The number of nitrogens with zero attached hydrogens (tertiary/aromatic N) is 3. The highest BCUT2D eigenvalue weighted by atomic mass is 32.1. The highest BCUT2D eigenvalue weighted by Crippen LogP contribution is 2.13. The third-order valence-corrected chi connectivity index (χ3v) is 2.45. The molecule has 1 heterocycles. The SMILES string of the molecule is COCCc1nsc(NC(C)CC#N)n1. The molecule has 1 aromatic rings. The lowest BCUT2D eigenvalue weighted by atomic mass is 10.3. The van der Waals surface area contributed by atoms with Crippen LogP contribution in [0.1, 0.15) is 19.2 Å². The minimum Gasteiger partial charge on any atom is -0.384 e. The second kappa shape index (κ2) is 6.32. The number of nitrogens with one attached hydrogen (secondary N) is 1. The quantitative estimate of drug-likeness (QED) is 0.794. The lowest BCUT2D eigenvalue weighted by molar-refractivity contribution is 0.201. The van der Waals surface area contributed by atoms with E-state index in [-0.39, 0.29) is 6.04 Å². The van der Waals surface area contributed by atoms with E-state index in [4.69, 9.17) is 10.00 Å². The molecule has 0 aromatic carbocycles. The smallest absolute Gasteiger partial charge is 0.202 e. The third kappa shape index (κ3) is 4.23. The van der Waals surface area contributed by atoms with Gasteiger partial charge < -0.3 is 10.1 Å². The van der Waals surface area contributed by atoms with E-state index in [1.807, 2.05) is 6.92 Å². The lowest BCUT2D eigenvalue weighted by Crippen LogP contribution is -2.13. The van der Waals surface area contributed by atoms with Gasteiger partial charge in [0, 0.05) is 31.1 Å². The van der Waals surface area contributed by atoms with Crippen LogP contribution >= 0.6 is 11.5 Å². The summed E-state index contributed by atoms with van der Waals surface area (Å²) in [4.78, 5) is 4.28. The molecule has 0 saturated carbocycles. The zero-order chi connectivity index (χ0) is 11.1. The van der Waals surface area contributed by atoms with Crippen molar-refractivity contribution in [2.75, 3.05) is 19.0 Å². The molecule has 1 unspecified atom stereocenters. The molecule has 1 atom stereocenters. The third-order valence-electron chi connectivity index (χ3n) is 1.77. The van der Waals surface area contributed by atoms with Crippen LogP contribution in [0.5, 0.6) is 0 Å². The maximum atomic E-state index is 8.50. The first kappa shape index (κ1) is 11.9. The largest absolute Gasteiger partial charge is 0.384 e. The standard InChI is InChI=1S/C9H14N4OS/c1-7(3-5-10)11-9-12-8(13-15-9)4-6-14-2/h7H,3-4,6H2,1-2H3,(H,11,12,13). The zero-order valence-corrected chi connectivity index (χ0v) is 9.67. The number of methoxy groups -OCH3 is 1. The second-order valence-electron chi connectivity index (χ2n) is 3.17. The molecule has 0 saturated heterocycles. The molecule has 1 N–H and O–H groups in total. The van der Waals surface area contributed by atoms with Crippen LogP contribution in [-0.2, 0) is 11.2 Å². The highest BCUT2D eigenvalue weighted by molar-refractivity contribution is 7.09. The van der Waals surface area contributed by atoms with E-state index in [9.17, 15) is 0 Å². The second-order valence-corrected chi connectivity index (χ2v) is 3.92. The van der Waals surface area contributed by atoms with Crippen molar-refractivity contribution in [3.05, 3.63) is 5.82 Å². The summed E-state index contributed by atoms with van der Waals surface area (Å²) in [7, 11) is 1.65. The molecule has 82 valence electrons. The van der Waals surface area contributed by atoms with Crippen molar-refractivity contribution >= 4 is 16.7 Å². The summed E-state index contributed by atoms with van der Waals surface area (Å²) < 4.78 is 9.11. The summed E-state index contributed by atoms with van der Waals surface area (Å²) in [5, 5.41) is 12.4. The van der Waals surface area contributed by atoms with E-state index < -0.39 is 0 Å². The average Bonchev–Trinajstić information content (AvgIpc) is 2.63. The summed E-state index contributed by atoms with van der Waals surface area (Å²) in [6, 6.07) is 2.21. The molecule has 0 aliphatic heterocycles. The molecular formula is C9H14N4OS. The summed E-state index contributed by atoms with van der Waals surface area (Å²) in [5.41, 5.74) is 0. The van der Waals surface area contributed by atoms with Crippen LogP contribution in [0.25, 0.3) is 0 Å². The first-order valence-corrected chi connectivity index (χ1v) is 5.48. The number of aromatic nitrogens is 2. The Hall–Kier alpha value is -1.19. The van der Waals surface area contributed by atoms with Crippen molar-refractivity contribution in [2.45, 2.75) is 25.8 Å². The molecule has 0 amide bonds. The highest BCUT2D eigenvalue weighted by Gasteiger charge is 2.06. The first-order chi connectivity index (χ1) is 7.26. The predicted octanol–water partition coefficient (Wildman–Crippen LogP) is 1.44. The van der Waals surface area contributed by atoms with Gasteiger partial charge in [-0.2, -0.15) is 9.64 Å². The van der Waals surface area contributed by atoms with Gasteiger partial charge in [-0.3, -0.25) is 0 Å². The number of hydrogen-bond donors (Lipinski definition) is 1. The summed E-state index contributed by atoms with van der Waals surface area (Å²) in [6.45, 7) is 2.57. The van der Waals surface area contributed by atoms with Crippen LogP contribution in [0.15, 0.2) is 0 Å². The fourth-order valence-corrected chi connectivity index (χ4v) is 1.73. The number of ether oxygens (including phenoxy) is 1. The Morgan fingerprint density at radius 1 is 1.67 bits per heavy atom. The van der Waals surface area contributed by atoms with Gasteiger partial charge in [0.05, 0.1) is 19.1 Å². The Labute approximate surface area is 93.3 Å². The Morgan fingerprint density at radius 3 is 3.13 bits per heavy atom. The first-order valence-electron chi connectivity index (χ1n) is 4.71. The van der Waals surface area contributed by atoms with Crippen molar-refractivity contribution < 1.29 is 4.74 Å². The fourth-order valence-electron chi connectivity index (χ4n) is 1.01. The molecule has 0 spiro atoms. The summed E-state index contributed by atoms with van der Waals surface area (Å²) in [6.07, 6.45) is 1.19. The molecule has 1 aromatic heterocycles. The molecule has 6 heteroatoms. The van der Waals surface area contributed by atoms with E-state index in [1.165, 1.54) is 11.5 Å². The maximum absolute atomic E-state index is 8.50. The molecule has 0 fully saturated rings. The van der Waals surface area contributed by atoms with Crippen LogP contribution in [0.2, 0.25) is 0 Å². The number of rotatable bonds is 6. The fraction of sp³-hybridized carbons (Fsp3) is 0.667. The Morgan fingerprint density at radius 2 is 2.47 bits per heavy atom. The van der Waals surface area contributed by atoms with E-state index in [1.54, 1.807) is 7.11 Å². The number of hydrogen-bond acceptors (Lipinski definition) is 6. The summed E-state index contributed by atoms with van der Waals surface area (Å²) in [5.74, 6) is 0.786. The Balaban J connectivity index is 2.42. The van der Waals surface area contributed by atoms with Gasteiger partial charge in [0.1, 0.15) is 5.82 Å². The van der Waals surface area contributed by atoms with Gasteiger partial charge in [0.15, 0.2) is 0 Å². The van der Waals surface area contributed by atoms with Gasteiger partial charge in [0.2, 0.25) is 5.13 Å². The van der Waals surface area contributed by atoms with Gasteiger partial charge >= 0.3 is 0 Å². The van der Waals surface area contributed by atoms with Gasteiger partial charge in [-0.1, -0.05) is 0 Å². The molecule has 1 rings (SSSR count). The van der Waals surface area contributed by atoms with Crippen molar-refractivity contribution in [1.82, 2.24) is 9.36 Å². The van der Waals surface area contributed by atoms with Gasteiger partial charge in [-0.15, -0.1) is 0 Å². The van der Waals surface area contributed by atoms with Crippen LogP contribution < -0.4 is 5.32 Å². The minimum absolute atomic E-state index is 0.109. The van der Waals surface area contributed by atoms with Crippen LogP contribution in [0.3, 0.4) is 0 Å². The monoisotopic (exact) mass is 226 g/mol. The van der Waals surface area contributed by atoms with E-state index in [0.29, 0.717) is 13.0 Å². The Kier molecular flexibility index (Phi) is 5.01. The predicted molar refractivity (Wildman–Crippen MR) is 58.8 cm³/mol. The van der Waals surface area contributed by atoms with Crippen molar-refractivity contribution in [3.63, 3.8) is 0 Å². The van der Waals surface area contributed by atoms with E-state index >= 15 is 0 Å². The van der Waals surface area contributed by atoms with Gasteiger partial charge in [-0.25, -0.2) is 4.98 Å². The number of anilines is 1. The van der Waals surface area contributed by atoms with Gasteiger partial charge in [-0.05, 0) is 6.92 Å². The molecule has 0 aliphatic rings. The minimum atomic E-state index is 0.109. The molecule has 15 heavy (non-hydrogen) atoms.